The number of piperidine rings is 2. The van der Waals surface area contributed by atoms with Gasteiger partial charge in [0, 0.05) is 38.4 Å². The number of aliphatic hydroxyl groups excluding tert-OH is 2. The predicted molar refractivity (Wildman–Crippen MR) is 137 cm³/mol. The SMILES string of the molecule is CC(=O)O[C@H]1CC[C@@]2(C)[C@H](CC[C@@H]3[C@@H]2C[C@@]2(O)[C@@H]4CN5C[C@@H](C)CC[C@H]5[C@@](C)(O)[C@@]4(O)[C@@H](O)C[C@@]32O)[C@@H]1O. The minimum Gasteiger partial charge on any atom is -0.460 e. The Balaban J connectivity index is 1.38. The highest BCUT2D eigenvalue weighted by atomic mass is 16.6. The Morgan fingerprint density at radius 1 is 0.868 bits per heavy atom. The third-order valence-electron chi connectivity index (χ3n) is 12.9. The first-order valence-corrected chi connectivity index (χ1v) is 14.8. The molecule has 2 saturated heterocycles. The molecule has 4 saturated carbocycles. The maximum Gasteiger partial charge on any atom is 0.302 e. The molecule has 6 N–H and O–H groups in total. The number of hydrogen-bond donors (Lipinski definition) is 6. The zero-order valence-electron chi connectivity index (χ0n) is 23.2. The minimum atomic E-state index is -1.96. The van der Waals surface area contributed by atoms with Crippen LogP contribution in [0.2, 0.25) is 0 Å². The number of nitrogens with zero attached hydrogens (tertiary/aromatic N) is 1. The molecule has 216 valence electrons. The van der Waals surface area contributed by atoms with Crippen molar-refractivity contribution in [3.8, 4) is 0 Å². The Bertz CT molecular complexity index is 992. The molecule has 0 radical (unpaired) electrons. The molecule has 0 aromatic heterocycles. The van der Waals surface area contributed by atoms with E-state index in [1.54, 1.807) is 6.92 Å². The number of esters is 1. The molecule has 0 aromatic rings. The number of carbonyl (C=O) groups excluding carboxylic acids is 1. The largest absolute Gasteiger partial charge is 0.460 e. The van der Waals surface area contributed by atoms with E-state index in [1.165, 1.54) is 6.92 Å². The van der Waals surface area contributed by atoms with E-state index in [9.17, 15) is 35.4 Å². The molecule has 0 amide bonds. The van der Waals surface area contributed by atoms with Crippen LogP contribution in [0.15, 0.2) is 0 Å². The number of carbonyl (C=O) groups is 1. The number of ether oxygens (including phenoxy) is 1. The van der Waals surface area contributed by atoms with Crippen molar-refractivity contribution >= 4 is 5.97 Å². The summed E-state index contributed by atoms with van der Waals surface area (Å²) in [6.07, 6.45) is 1.25. The van der Waals surface area contributed by atoms with Gasteiger partial charge in [0.2, 0.25) is 0 Å². The van der Waals surface area contributed by atoms with Crippen LogP contribution in [0.4, 0.5) is 0 Å². The first-order valence-electron chi connectivity index (χ1n) is 14.8. The topological polar surface area (TPSA) is 151 Å². The fourth-order valence-corrected chi connectivity index (χ4v) is 10.9. The van der Waals surface area contributed by atoms with Crippen molar-refractivity contribution in [1.29, 1.82) is 0 Å². The second kappa shape index (κ2) is 8.37. The molecular formula is C29H47NO8. The van der Waals surface area contributed by atoms with Gasteiger partial charge in [0.1, 0.15) is 22.9 Å². The normalized spacial score (nSPS) is 60.1. The Labute approximate surface area is 225 Å². The smallest absolute Gasteiger partial charge is 0.302 e. The van der Waals surface area contributed by atoms with Gasteiger partial charge < -0.3 is 35.4 Å². The summed E-state index contributed by atoms with van der Waals surface area (Å²) in [4.78, 5) is 13.8. The Morgan fingerprint density at radius 3 is 2.24 bits per heavy atom. The monoisotopic (exact) mass is 537 g/mol. The quantitative estimate of drug-likeness (QED) is 0.264. The maximum absolute atomic E-state index is 12.6. The molecule has 0 bridgehead atoms. The standard InChI is InChI=1S/C29H47NO8/c1-15-5-8-22-26(4,34)29(37)21(14-30(22)13-15)28(36)11-19-17(27(28,35)12-23(29)32)6-7-18-24(33)20(38-16(2)31)9-10-25(18,19)3/h15,17-24,32-37H,5-14H2,1-4H3/t15-,17+,18+,19-,20-,21-,22-,23-,24-,25-,26+,27+,28+,29-/m0/s1. The van der Waals surface area contributed by atoms with Gasteiger partial charge in [-0.15, -0.1) is 0 Å². The summed E-state index contributed by atoms with van der Waals surface area (Å²) in [6.45, 7) is 8.25. The van der Waals surface area contributed by atoms with Crippen LogP contribution in [0.3, 0.4) is 0 Å². The zero-order valence-corrected chi connectivity index (χ0v) is 23.2. The van der Waals surface area contributed by atoms with Gasteiger partial charge in [0.25, 0.3) is 0 Å². The van der Waals surface area contributed by atoms with Gasteiger partial charge in [0.15, 0.2) is 0 Å². The lowest BCUT2D eigenvalue weighted by Gasteiger charge is -2.68. The van der Waals surface area contributed by atoms with E-state index in [2.05, 4.69) is 18.7 Å². The molecule has 6 fully saturated rings. The van der Waals surface area contributed by atoms with Crippen molar-refractivity contribution in [3.63, 3.8) is 0 Å². The van der Waals surface area contributed by atoms with E-state index in [1.807, 2.05) is 0 Å². The second-order valence-corrected chi connectivity index (χ2v) is 14.5. The highest BCUT2D eigenvalue weighted by molar-refractivity contribution is 5.66. The zero-order chi connectivity index (χ0) is 27.6. The second-order valence-electron chi connectivity index (χ2n) is 14.5. The first-order chi connectivity index (χ1) is 17.6. The molecule has 0 aromatic carbocycles. The van der Waals surface area contributed by atoms with Crippen LogP contribution in [0.5, 0.6) is 0 Å². The van der Waals surface area contributed by atoms with Crippen molar-refractivity contribution in [3.05, 3.63) is 0 Å². The van der Waals surface area contributed by atoms with E-state index in [0.717, 1.165) is 13.0 Å². The average molecular weight is 538 g/mol. The van der Waals surface area contributed by atoms with Gasteiger partial charge in [-0.1, -0.05) is 13.8 Å². The Hall–Kier alpha value is -0.810. The van der Waals surface area contributed by atoms with Crippen LogP contribution < -0.4 is 0 Å². The fourth-order valence-electron chi connectivity index (χ4n) is 10.9. The lowest BCUT2D eigenvalue weighted by molar-refractivity contribution is -0.354. The lowest BCUT2D eigenvalue weighted by atomic mass is 9.49. The van der Waals surface area contributed by atoms with Crippen LogP contribution in [-0.4, -0.2) is 101 Å². The molecule has 38 heavy (non-hydrogen) atoms. The van der Waals surface area contributed by atoms with Crippen molar-refractivity contribution < 1.29 is 40.2 Å². The molecule has 6 aliphatic rings. The van der Waals surface area contributed by atoms with E-state index >= 15 is 0 Å². The molecule has 9 heteroatoms. The highest BCUT2D eigenvalue weighted by Gasteiger charge is 2.80. The van der Waals surface area contributed by atoms with Gasteiger partial charge in [-0.25, -0.2) is 0 Å². The molecular weight excluding hydrogens is 490 g/mol. The van der Waals surface area contributed by atoms with E-state index in [4.69, 9.17) is 4.74 Å². The van der Waals surface area contributed by atoms with Crippen LogP contribution in [0, 0.1) is 35.0 Å². The molecule has 0 unspecified atom stereocenters. The van der Waals surface area contributed by atoms with E-state index in [0.29, 0.717) is 44.6 Å². The van der Waals surface area contributed by atoms with Crippen molar-refractivity contribution in [2.45, 2.75) is 126 Å². The van der Waals surface area contributed by atoms with Crippen molar-refractivity contribution in [2.24, 2.45) is 35.0 Å². The summed E-state index contributed by atoms with van der Waals surface area (Å²) in [5.74, 6) is -1.55. The summed E-state index contributed by atoms with van der Waals surface area (Å²) in [7, 11) is 0. The number of aliphatic hydroxyl groups is 6. The maximum atomic E-state index is 12.6. The lowest BCUT2D eigenvalue weighted by Crippen LogP contribution is -2.85. The summed E-state index contributed by atoms with van der Waals surface area (Å²) < 4.78 is 5.44. The Morgan fingerprint density at radius 2 is 1.55 bits per heavy atom. The third-order valence-corrected chi connectivity index (χ3v) is 12.9. The van der Waals surface area contributed by atoms with Crippen molar-refractivity contribution in [2.75, 3.05) is 13.1 Å². The van der Waals surface area contributed by atoms with Gasteiger partial charge in [-0.05, 0) is 81.0 Å². The predicted octanol–water partition coefficient (Wildman–Crippen LogP) is 0.564. The summed E-state index contributed by atoms with van der Waals surface area (Å²) in [6, 6.07) is -0.332. The molecule has 2 aliphatic heterocycles. The summed E-state index contributed by atoms with van der Waals surface area (Å²) >= 11 is 0. The fraction of sp³-hybridized carbons (Fsp3) is 0.966. The molecule has 0 spiro atoms. The van der Waals surface area contributed by atoms with Gasteiger partial charge in [0.05, 0.1) is 17.8 Å². The first kappa shape index (κ1) is 27.4. The molecule has 4 aliphatic carbocycles. The van der Waals surface area contributed by atoms with Crippen LogP contribution in [0.25, 0.3) is 0 Å². The molecule has 14 atom stereocenters. The van der Waals surface area contributed by atoms with Gasteiger partial charge in [-0.2, -0.15) is 0 Å². The number of rotatable bonds is 1. The molecule has 2 heterocycles. The van der Waals surface area contributed by atoms with Gasteiger partial charge in [-0.3, -0.25) is 9.69 Å². The van der Waals surface area contributed by atoms with Crippen molar-refractivity contribution in [1.82, 2.24) is 4.90 Å². The number of hydrogen-bond acceptors (Lipinski definition) is 9. The average Bonchev–Trinajstić information content (AvgIpc) is 3.06. The third kappa shape index (κ3) is 3.21. The summed E-state index contributed by atoms with van der Waals surface area (Å²) in [5, 5.41) is 71.9. The van der Waals surface area contributed by atoms with E-state index in [-0.39, 0.29) is 36.6 Å². The summed E-state index contributed by atoms with van der Waals surface area (Å²) in [5.41, 5.74) is -7.36. The van der Waals surface area contributed by atoms with E-state index < -0.39 is 58.0 Å². The van der Waals surface area contributed by atoms with Crippen LogP contribution in [-0.2, 0) is 9.53 Å². The Kier molecular flexibility index (Phi) is 6.02. The molecule has 9 nitrogen and oxygen atoms in total. The number of fused-ring (bicyclic) bond motifs is 8. The van der Waals surface area contributed by atoms with Gasteiger partial charge >= 0.3 is 5.97 Å². The molecule has 6 rings (SSSR count). The van der Waals surface area contributed by atoms with Crippen LogP contribution in [0.1, 0.15) is 79.1 Å². The minimum absolute atomic E-state index is 0.151. The highest BCUT2D eigenvalue weighted by Crippen LogP contribution is 2.70. The van der Waals surface area contributed by atoms with Crippen LogP contribution >= 0.6 is 0 Å².